The van der Waals surface area contributed by atoms with Crippen molar-refractivity contribution in [3.05, 3.63) is 60.4 Å². The maximum atomic E-state index is 5.36. The van der Waals surface area contributed by atoms with E-state index >= 15 is 0 Å². The molecule has 0 amide bonds. The van der Waals surface area contributed by atoms with Gasteiger partial charge in [0.1, 0.15) is 5.82 Å². The van der Waals surface area contributed by atoms with Gasteiger partial charge in [0.05, 0.1) is 18.7 Å². The lowest BCUT2D eigenvalue weighted by atomic mass is 10.1. The van der Waals surface area contributed by atoms with Gasteiger partial charge in [0.25, 0.3) is 0 Å². The molecule has 1 N–H and O–H groups in total. The number of fused-ring (bicyclic) bond motifs is 1. The van der Waals surface area contributed by atoms with Crippen LogP contribution >= 0.6 is 0 Å². The Morgan fingerprint density at radius 1 is 1.08 bits per heavy atom. The van der Waals surface area contributed by atoms with Crippen molar-refractivity contribution in [3.8, 4) is 11.4 Å². The van der Waals surface area contributed by atoms with E-state index in [1.165, 1.54) is 5.57 Å². The topological polar surface area (TPSA) is 59.9 Å². The summed E-state index contributed by atoms with van der Waals surface area (Å²) in [6, 6.07) is 12.0. The molecule has 0 aliphatic carbocycles. The minimum Gasteiger partial charge on any atom is -0.377 e. The van der Waals surface area contributed by atoms with Gasteiger partial charge in [-0.05, 0) is 37.1 Å². The third-order valence-electron chi connectivity index (χ3n) is 4.32. The number of hydrogen-bond acceptors (Lipinski definition) is 5. The van der Waals surface area contributed by atoms with Gasteiger partial charge >= 0.3 is 0 Å². The number of rotatable bonds is 5. The molecule has 0 saturated carbocycles. The smallest absolute Gasteiger partial charge is 0.163 e. The highest BCUT2D eigenvalue weighted by atomic mass is 16.5. The molecule has 0 unspecified atom stereocenters. The molecule has 5 nitrogen and oxygen atoms in total. The summed E-state index contributed by atoms with van der Waals surface area (Å²) in [6.45, 7) is 2.41. The Kier molecular flexibility index (Phi) is 4.65. The van der Waals surface area contributed by atoms with E-state index < -0.39 is 0 Å². The van der Waals surface area contributed by atoms with Crippen LogP contribution in [0.5, 0.6) is 0 Å². The quantitative estimate of drug-likeness (QED) is 0.719. The average Bonchev–Trinajstić information content (AvgIpc) is 2.69. The lowest BCUT2D eigenvalue weighted by Crippen LogP contribution is -2.10. The molecular weight excluding hydrogens is 312 g/mol. The molecular formula is C20H20N4O. The molecule has 25 heavy (non-hydrogen) atoms. The van der Waals surface area contributed by atoms with E-state index in [9.17, 15) is 0 Å². The van der Waals surface area contributed by atoms with Gasteiger partial charge in [-0.25, -0.2) is 9.97 Å². The number of aromatic nitrogens is 3. The number of benzene rings is 1. The molecule has 0 fully saturated rings. The summed E-state index contributed by atoms with van der Waals surface area (Å²) in [4.78, 5) is 13.6. The first-order valence-corrected chi connectivity index (χ1v) is 8.57. The van der Waals surface area contributed by atoms with Gasteiger partial charge in [-0.1, -0.05) is 23.8 Å². The van der Waals surface area contributed by atoms with Crippen molar-refractivity contribution in [1.82, 2.24) is 15.0 Å². The Hall–Kier alpha value is -2.79. The third-order valence-corrected chi connectivity index (χ3v) is 4.32. The molecule has 0 bridgehead atoms. The summed E-state index contributed by atoms with van der Waals surface area (Å²) < 4.78 is 5.36. The number of anilines is 1. The molecule has 126 valence electrons. The molecule has 2 aromatic heterocycles. The number of para-hydroxylation sites is 1. The molecule has 0 spiro atoms. The van der Waals surface area contributed by atoms with Crippen molar-refractivity contribution in [1.29, 1.82) is 0 Å². The zero-order valence-corrected chi connectivity index (χ0v) is 14.0. The number of pyridine rings is 1. The van der Waals surface area contributed by atoms with Gasteiger partial charge in [-0.15, -0.1) is 0 Å². The molecule has 4 rings (SSSR count). The van der Waals surface area contributed by atoms with E-state index in [4.69, 9.17) is 9.72 Å². The van der Waals surface area contributed by atoms with Crippen LogP contribution in [0.3, 0.4) is 0 Å². The second kappa shape index (κ2) is 7.40. The first-order valence-electron chi connectivity index (χ1n) is 8.57. The normalized spacial score (nSPS) is 14.3. The van der Waals surface area contributed by atoms with Gasteiger partial charge in [-0.2, -0.15) is 0 Å². The van der Waals surface area contributed by atoms with Crippen LogP contribution in [0.2, 0.25) is 0 Å². The minimum atomic E-state index is 0.694. The molecule has 0 radical (unpaired) electrons. The van der Waals surface area contributed by atoms with Gasteiger partial charge in [0.15, 0.2) is 5.82 Å². The predicted molar refractivity (Wildman–Crippen MR) is 99.4 cm³/mol. The standard InChI is InChI=1S/C20H20N4O/c1-2-6-18-17(5-1)20(22-11-7-15-8-12-25-13-9-15)24-19(23-18)16-4-3-10-21-14-16/h1-6,8,10,14H,7,9,11-13H2,(H,22,23,24). The van der Waals surface area contributed by atoms with Crippen LogP contribution in [0.25, 0.3) is 22.3 Å². The van der Waals surface area contributed by atoms with Crippen molar-refractivity contribution in [2.75, 3.05) is 25.1 Å². The molecule has 5 heteroatoms. The SMILES string of the molecule is C1=C(CCNc2nc(-c3cccnc3)nc3ccccc23)CCOC1. The lowest BCUT2D eigenvalue weighted by molar-refractivity contribution is 0.153. The van der Waals surface area contributed by atoms with E-state index in [1.54, 1.807) is 12.4 Å². The largest absolute Gasteiger partial charge is 0.377 e. The Labute approximate surface area is 146 Å². The van der Waals surface area contributed by atoms with Crippen molar-refractivity contribution in [2.24, 2.45) is 0 Å². The summed E-state index contributed by atoms with van der Waals surface area (Å²) >= 11 is 0. The zero-order chi connectivity index (χ0) is 16.9. The summed E-state index contributed by atoms with van der Waals surface area (Å²) in [5.74, 6) is 1.57. The van der Waals surface area contributed by atoms with Crippen molar-refractivity contribution >= 4 is 16.7 Å². The van der Waals surface area contributed by atoms with Crippen LogP contribution in [0, 0.1) is 0 Å². The molecule has 0 saturated heterocycles. The van der Waals surface area contributed by atoms with E-state index in [2.05, 4.69) is 27.4 Å². The first-order chi connectivity index (χ1) is 12.4. The second-order valence-corrected chi connectivity index (χ2v) is 6.02. The monoisotopic (exact) mass is 332 g/mol. The van der Waals surface area contributed by atoms with Crippen molar-refractivity contribution < 1.29 is 4.74 Å². The summed E-state index contributed by atoms with van der Waals surface area (Å²) in [5.41, 5.74) is 3.30. The van der Waals surface area contributed by atoms with Crippen LogP contribution in [0.1, 0.15) is 12.8 Å². The molecule has 0 atom stereocenters. The van der Waals surface area contributed by atoms with Gasteiger partial charge < -0.3 is 10.1 Å². The fourth-order valence-corrected chi connectivity index (χ4v) is 2.97. The molecule has 1 aliphatic rings. The van der Waals surface area contributed by atoms with E-state index in [0.29, 0.717) is 5.82 Å². The fourth-order valence-electron chi connectivity index (χ4n) is 2.97. The van der Waals surface area contributed by atoms with Crippen LogP contribution in [-0.4, -0.2) is 34.7 Å². The first kappa shape index (κ1) is 15.7. The minimum absolute atomic E-state index is 0.694. The highest BCUT2D eigenvalue weighted by Crippen LogP contribution is 2.24. The van der Waals surface area contributed by atoms with Gasteiger partial charge in [0.2, 0.25) is 0 Å². The highest BCUT2D eigenvalue weighted by Gasteiger charge is 2.10. The zero-order valence-electron chi connectivity index (χ0n) is 14.0. The van der Waals surface area contributed by atoms with Crippen molar-refractivity contribution in [2.45, 2.75) is 12.8 Å². The Balaban J connectivity index is 1.61. The number of nitrogens with one attached hydrogen (secondary N) is 1. The van der Waals surface area contributed by atoms with E-state index in [0.717, 1.165) is 54.9 Å². The summed E-state index contributed by atoms with van der Waals surface area (Å²) in [5, 5.41) is 4.53. The highest BCUT2D eigenvalue weighted by molar-refractivity contribution is 5.90. The summed E-state index contributed by atoms with van der Waals surface area (Å²) in [6.07, 6.45) is 7.76. The maximum absolute atomic E-state index is 5.36. The van der Waals surface area contributed by atoms with Crippen LogP contribution in [0.4, 0.5) is 5.82 Å². The second-order valence-electron chi connectivity index (χ2n) is 6.02. The predicted octanol–water partition coefficient (Wildman–Crippen LogP) is 3.84. The maximum Gasteiger partial charge on any atom is 0.163 e. The lowest BCUT2D eigenvalue weighted by Gasteiger charge is -2.15. The Morgan fingerprint density at radius 2 is 2.04 bits per heavy atom. The van der Waals surface area contributed by atoms with Crippen LogP contribution in [-0.2, 0) is 4.74 Å². The number of nitrogens with zero attached hydrogens (tertiary/aromatic N) is 3. The van der Waals surface area contributed by atoms with Crippen LogP contribution in [0.15, 0.2) is 60.4 Å². The Bertz CT molecular complexity index is 893. The summed E-state index contributed by atoms with van der Waals surface area (Å²) in [7, 11) is 0. The molecule has 1 aliphatic heterocycles. The van der Waals surface area contributed by atoms with Crippen molar-refractivity contribution in [3.63, 3.8) is 0 Å². The van der Waals surface area contributed by atoms with Gasteiger partial charge in [-0.3, -0.25) is 4.98 Å². The van der Waals surface area contributed by atoms with Gasteiger partial charge in [0, 0.05) is 29.9 Å². The molecule has 1 aromatic carbocycles. The van der Waals surface area contributed by atoms with E-state index in [-0.39, 0.29) is 0 Å². The van der Waals surface area contributed by atoms with E-state index in [1.807, 2.05) is 30.3 Å². The number of hydrogen-bond donors (Lipinski definition) is 1. The fraction of sp³-hybridized carbons (Fsp3) is 0.250. The number of ether oxygens (including phenoxy) is 1. The molecule has 3 aromatic rings. The third kappa shape index (κ3) is 3.67. The average molecular weight is 332 g/mol. The van der Waals surface area contributed by atoms with Crippen LogP contribution < -0.4 is 5.32 Å². The Morgan fingerprint density at radius 3 is 2.88 bits per heavy atom. The molecule has 3 heterocycles.